The van der Waals surface area contributed by atoms with Gasteiger partial charge in [0.15, 0.2) is 11.0 Å². The number of aryl methyl sites for hydroxylation is 2. The first kappa shape index (κ1) is 16.3. The van der Waals surface area contributed by atoms with Crippen LogP contribution in [0.15, 0.2) is 34.8 Å². The third-order valence-electron chi connectivity index (χ3n) is 4.18. The molecule has 0 aliphatic carbocycles. The molecule has 23 heavy (non-hydrogen) atoms. The summed E-state index contributed by atoms with van der Waals surface area (Å²) >= 11 is 3.54. The van der Waals surface area contributed by atoms with Crippen LogP contribution in [0.5, 0.6) is 0 Å². The van der Waals surface area contributed by atoms with E-state index in [2.05, 4.69) is 72.1 Å². The van der Waals surface area contributed by atoms with Gasteiger partial charge in [0.25, 0.3) is 0 Å². The van der Waals surface area contributed by atoms with Gasteiger partial charge in [-0.2, -0.15) is 0 Å². The van der Waals surface area contributed by atoms with Gasteiger partial charge in [-0.05, 0) is 44.4 Å². The molecule has 3 nitrogen and oxygen atoms in total. The van der Waals surface area contributed by atoms with E-state index < -0.39 is 0 Å². The van der Waals surface area contributed by atoms with E-state index in [1.807, 2.05) is 0 Å². The Kier molecular flexibility index (Phi) is 4.87. The van der Waals surface area contributed by atoms with Crippen LogP contribution in [0.2, 0.25) is 0 Å². The maximum absolute atomic E-state index is 4.46. The lowest BCUT2D eigenvalue weighted by atomic mass is 10.1. The van der Waals surface area contributed by atoms with E-state index >= 15 is 0 Å². The summed E-state index contributed by atoms with van der Waals surface area (Å²) in [6, 6.07) is 8.51. The summed E-state index contributed by atoms with van der Waals surface area (Å²) in [6.07, 6.45) is 0. The molecule has 0 aliphatic rings. The van der Waals surface area contributed by atoms with Crippen molar-refractivity contribution in [3.05, 3.63) is 51.2 Å². The summed E-state index contributed by atoms with van der Waals surface area (Å²) in [4.78, 5) is 1.35. The second-order valence-electron chi connectivity index (χ2n) is 5.60. The molecule has 5 heteroatoms. The van der Waals surface area contributed by atoms with Crippen molar-refractivity contribution in [2.24, 2.45) is 0 Å². The van der Waals surface area contributed by atoms with Gasteiger partial charge >= 0.3 is 0 Å². The highest BCUT2D eigenvalue weighted by Crippen LogP contribution is 2.32. The van der Waals surface area contributed by atoms with Crippen molar-refractivity contribution in [3.63, 3.8) is 0 Å². The molecular formula is C18H21N3S2. The molecule has 2 heterocycles. The van der Waals surface area contributed by atoms with Crippen molar-refractivity contribution in [2.75, 3.05) is 0 Å². The highest BCUT2D eigenvalue weighted by Gasteiger charge is 2.17. The van der Waals surface area contributed by atoms with Gasteiger partial charge in [-0.25, -0.2) is 0 Å². The molecule has 0 atom stereocenters. The number of benzene rings is 1. The second kappa shape index (κ2) is 6.89. The highest BCUT2D eigenvalue weighted by atomic mass is 32.2. The average Bonchev–Trinajstić information content (AvgIpc) is 3.10. The Labute approximate surface area is 145 Å². The Morgan fingerprint density at radius 3 is 2.57 bits per heavy atom. The maximum atomic E-state index is 4.46. The summed E-state index contributed by atoms with van der Waals surface area (Å²) in [7, 11) is 0. The quantitative estimate of drug-likeness (QED) is 0.593. The van der Waals surface area contributed by atoms with Crippen LogP contribution < -0.4 is 0 Å². The van der Waals surface area contributed by atoms with Crippen LogP contribution in [0.3, 0.4) is 0 Å². The number of thioether (sulfide) groups is 1. The summed E-state index contributed by atoms with van der Waals surface area (Å²) in [5.74, 6) is 1.91. The molecule has 0 aliphatic heterocycles. The lowest BCUT2D eigenvalue weighted by molar-refractivity contribution is 0.687. The molecular weight excluding hydrogens is 322 g/mol. The molecule has 3 aromatic rings. The maximum Gasteiger partial charge on any atom is 0.191 e. The van der Waals surface area contributed by atoms with Crippen molar-refractivity contribution in [2.45, 2.75) is 45.1 Å². The molecule has 0 spiro atoms. The zero-order valence-electron chi connectivity index (χ0n) is 14.0. The number of rotatable bonds is 5. The lowest BCUT2D eigenvalue weighted by Gasteiger charge is -2.08. The van der Waals surface area contributed by atoms with Crippen LogP contribution in [0.1, 0.15) is 28.5 Å². The van der Waals surface area contributed by atoms with Gasteiger partial charge in [0.05, 0.1) is 0 Å². The first-order chi connectivity index (χ1) is 11.1. The van der Waals surface area contributed by atoms with E-state index in [9.17, 15) is 0 Å². The van der Waals surface area contributed by atoms with Crippen molar-refractivity contribution in [3.8, 4) is 11.4 Å². The largest absolute Gasteiger partial charge is 0.302 e. The summed E-state index contributed by atoms with van der Waals surface area (Å²) in [6.45, 7) is 9.51. The van der Waals surface area contributed by atoms with Gasteiger partial charge in [-0.15, -0.1) is 21.5 Å². The van der Waals surface area contributed by atoms with Gasteiger partial charge < -0.3 is 4.57 Å². The highest BCUT2D eigenvalue weighted by molar-refractivity contribution is 7.98. The Bertz CT molecular complexity index is 818. The van der Waals surface area contributed by atoms with Crippen LogP contribution in [0.4, 0.5) is 0 Å². The Morgan fingerprint density at radius 1 is 1.13 bits per heavy atom. The first-order valence-electron chi connectivity index (χ1n) is 7.77. The molecule has 1 aromatic carbocycles. The fourth-order valence-electron chi connectivity index (χ4n) is 2.53. The summed E-state index contributed by atoms with van der Waals surface area (Å²) < 4.78 is 2.22. The second-order valence-corrected chi connectivity index (χ2v) is 7.62. The topological polar surface area (TPSA) is 30.7 Å². The molecule has 0 bridgehead atoms. The zero-order valence-corrected chi connectivity index (χ0v) is 15.6. The molecule has 3 rings (SSSR count). The SMILES string of the molecule is CCn1c(SCc2ccccc2C)nnc1-c1csc(C)c1C. The van der Waals surface area contributed by atoms with Gasteiger partial charge in [-0.3, -0.25) is 0 Å². The van der Waals surface area contributed by atoms with Gasteiger partial charge in [0.1, 0.15) is 0 Å². The van der Waals surface area contributed by atoms with Crippen LogP contribution in [-0.4, -0.2) is 14.8 Å². The minimum atomic E-state index is 0.882. The van der Waals surface area contributed by atoms with Crippen LogP contribution in [-0.2, 0) is 12.3 Å². The van der Waals surface area contributed by atoms with Crippen LogP contribution >= 0.6 is 23.1 Å². The van der Waals surface area contributed by atoms with E-state index in [0.29, 0.717) is 0 Å². The molecule has 0 N–H and O–H groups in total. The van der Waals surface area contributed by atoms with E-state index in [1.165, 1.54) is 27.1 Å². The third-order valence-corrected chi connectivity index (χ3v) is 6.21. The van der Waals surface area contributed by atoms with Gasteiger partial charge in [-0.1, -0.05) is 36.0 Å². The van der Waals surface area contributed by atoms with Crippen molar-refractivity contribution in [1.29, 1.82) is 0 Å². The fraction of sp³-hybridized carbons (Fsp3) is 0.333. The van der Waals surface area contributed by atoms with Gasteiger partial charge in [0.2, 0.25) is 0 Å². The lowest BCUT2D eigenvalue weighted by Crippen LogP contribution is -2.00. The van der Waals surface area contributed by atoms with Crippen LogP contribution in [0, 0.1) is 20.8 Å². The number of thiophene rings is 1. The molecule has 0 fully saturated rings. The van der Waals surface area contributed by atoms with Crippen molar-refractivity contribution < 1.29 is 0 Å². The van der Waals surface area contributed by atoms with E-state index in [-0.39, 0.29) is 0 Å². The smallest absolute Gasteiger partial charge is 0.191 e. The van der Waals surface area contributed by atoms with Crippen molar-refractivity contribution >= 4 is 23.1 Å². The normalized spacial score (nSPS) is 11.1. The Balaban J connectivity index is 1.87. The fourth-order valence-corrected chi connectivity index (χ4v) is 4.47. The van der Waals surface area contributed by atoms with E-state index in [4.69, 9.17) is 0 Å². The van der Waals surface area contributed by atoms with Crippen molar-refractivity contribution in [1.82, 2.24) is 14.8 Å². The molecule has 2 aromatic heterocycles. The molecule has 0 amide bonds. The summed E-state index contributed by atoms with van der Waals surface area (Å²) in [5.41, 5.74) is 5.21. The molecule has 0 saturated carbocycles. The van der Waals surface area contributed by atoms with Crippen LogP contribution in [0.25, 0.3) is 11.4 Å². The Morgan fingerprint density at radius 2 is 1.91 bits per heavy atom. The number of nitrogens with zero attached hydrogens (tertiary/aromatic N) is 3. The average molecular weight is 344 g/mol. The zero-order chi connectivity index (χ0) is 16.4. The Hall–Kier alpha value is -1.59. The van der Waals surface area contributed by atoms with Gasteiger partial charge in [0, 0.05) is 28.1 Å². The number of hydrogen-bond acceptors (Lipinski definition) is 4. The molecule has 120 valence electrons. The minimum absolute atomic E-state index is 0.882. The van der Waals surface area contributed by atoms with E-state index in [0.717, 1.165) is 23.3 Å². The minimum Gasteiger partial charge on any atom is -0.302 e. The summed E-state index contributed by atoms with van der Waals surface area (Å²) in [5, 5.41) is 12.1. The molecule has 0 unspecified atom stereocenters. The molecule has 0 saturated heterocycles. The third kappa shape index (κ3) is 3.21. The first-order valence-corrected chi connectivity index (χ1v) is 9.64. The predicted molar refractivity (Wildman–Crippen MR) is 99.2 cm³/mol. The van der Waals surface area contributed by atoms with E-state index in [1.54, 1.807) is 23.1 Å². The predicted octanol–water partition coefficient (Wildman–Crippen LogP) is 5.24. The molecule has 0 radical (unpaired) electrons. The number of hydrogen-bond donors (Lipinski definition) is 0. The monoisotopic (exact) mass is 343 g/mol. The standard InChI is InChI=1S/C18H21N3S2/c1-5-21-17(16-11-22-14(4)13(16)3)19-20-18(21)23-10-15-9-7-6-8-12(15)2/h6-9,11H,5,10H2,1-4H3. The number of aromatic nitrogens is 3.